The highest BCUT2D eigenvalue weighted by atomic mass is 32.2. The molecular weight excluding hydrogens is 468 g/mol. The van der Waals surface area contributed by atoms with Gasteiger partial charge in [0.25, 0.3) is 0 Å². The number of unbranched alkanes of at least 4 members (excludes halogenated alkanes) is 4. The Bertz CT molecular complexity index is 1070. The van der Waals surface area contributed by atoms with E-state index in [2.05, 4.69) is 12.2 Å². The van der Waals surface area contributed by atoms with E-state index >= 15 is 0 Å². The molecule has 2 amide bonds. The van der Waals surface area contributed by atoms with Crippen molar-refractivity contribution in [3.63, 3.8) is 0 Å². The Hall–Kier alpha value is -3.25. The number of nitrogens with one attached hydrogen (secondary N) is 1. The Morgan fingerprint density at radius 3 is 2.08 bits per heavy atom. The van der Waals surface area contributed by atoms with Crippen LogP contribution >= 0.6 is 11.8 Å². The Labute approximate surface area is 219 Å². The summed E-state index contributed by atoms with van der Waals surface area (Å²) in [5, 5.41) is 3.02. The van der Waals surface area contributed by atoms with Crippen LogP contribution < -0.4 is 10.2 Å². The van der Waals surface area contributed by atoms with Crippen LogP contribution in [0.15, 0.2) is 88.7 Å². The van der Waals surface area contributed by atoms with Crippen LogP contribution in [0.3, 0.4) is 0 Å². The molecule has 0 atom stereocenters. The van der Waals surface area contributed by atoms with Crippen molar-refractivity contribution >= 4 is 35.1 Å². The third-order valence-corrected chi connectivity index (χ3v) is 6.73. The van der Waals surface area contributed by atoms with Crippen LogP contribution in [-0.2, 0) is 16.0 Å². The van der Waals surface area contributed by atoms with Gasteiger partial charge < -0.3 is 10.1 Å². The minimum atomic E-state index is -0.209. The number of urea groups is 1. The van der Waals surface area contributed by atoms with Gasteiger partial charge in [-0.2, -0.15) is 0 Å². The van der Waals surface area contributed by atoms with Gasteiger partial charge in [-0.1, -0.05) is 74.7 Å². The van der Waals surface area contributed by atoms with Crippen LogP contribution in [0, 0.1) is 0 Å². The first-order chi connectivity index (χ1) is 17.6. The Balaban J connectivity index is 1.64. The zero-order chi connectivity index (χ0) is 25.6. The highest BCUT2D eigenvalue weighted by Gasteiger charge is 2.16. The quantitative estimate of drug-likeness (QED) is 0.189. The summed E-state index contributed by atoms with van der Waals surface area (Å²) < 4.78 is 5.02. The molecular formula is C30H36N2O3S. The molecule has 0 fully saturated rings. The van der Waals surface area contributed by atoms with Crippen molar-refractivity contribution in [3.8, 4) is 0 Å². The summed E-state index contributed by atoms with van der Waals surface area (Å²) in [7, 11) is 0. The van der Waals surface area contributed by atoms with Gasteiger partial charge in [-0.3, -0.25) is 9.69 Å². The number of hydrogen-bond acceptors (Lipinski definition) is 4. The fraction of sp³-hybridized carbons (Fsp3) is 0.333. The predicted molar refractivity (Wildman–Crippen MR) is 149 cm³/mol. The van der Waals surface area contributed by atoms with Crippen LogP contribution in [-0.4, -0.2) is 25.2 Å². The van der Waals surface area contributed by atoms with E-state index < -0.39 is 0 Å². The fourth-order valence-electron chi connectivity index (χ4n) is 3.82. The Kier molecular flexibility index (Phi) is 11.4. The number of carbonyl (C=O) groups is 2. The largest absolute Gasteiger partial charge is 0.466 e. The van der Waals surface area contributed by atoms with E-state index in [-0.39, 0.29) is 18.4 Å². The molecule has 3 rings (SSSR count). The van der Waals surface area contributed by atoms with Gasteiger partial charge in [0.2, 0.25) is 0 Å². The summed E-state index contributed by atoms with van der Waals surface area (Å²) in [5.74, 6) is -0.209. The number of hydrogen-bond donors (Lipinski definition) is 1. The number of ether oxygens (including phenoxy) is 1. The molecule has 3 aromatic carbocycles. The van der Waals surface area contributed by atoms with Crippen LogP contribution in [0.25, 0.3) is 0 Å². The van der Waals surface area contributed by atoms with Gasteiger partial charge in [0.1, 0.15) is 0 Å². The topological polar surface area (TPSA) is 58.6 Å². The lowest BCUT2D eigenvalue weighted by Crippen LogP contribution is -2.35. The normalized spacial score (nSPS) is 10.6. The van der Waals surface area contributed by atoms with Crippen molar-refractivity contribution < 1.29 is 14.3 Å². The summed E-state index contributed by atoms with van der Waals surface area (Å²) >= 11 is 1.65. The molecule has 0 bridgehead atoms. The molecule has 0 spiro atoms. The average molecular weight is 505 g/mol. The van der Waals surface area contributed by atoms with E-state index in [4.69, 9.17) is 4.74 Å². The molecule has 0 saturated heterocycles. The monoisotopic (exact) mass is 504 g/mol. The molecule has 1 N–H and O–H groups in total. The van der Waals surface area contributed by atoms with Gasteiger partial charge in [0.05, 0.1) is 13.0 Å². The molecule has 3 aromatic rings. The van der Waals surface area contributed by atoms with Crippen LogP contribution in [0.2, 0.25) is 0 Å². The van der Waals surface area contributed by atoms with Gasteiger partial charge in [-0.25, -0.2) is 4.79 Å². The lowest BCUT2D eigenvalue weighted by atomic mass is 10.1. The molecule has 0 aliphatic heterocycles. The number of anilines is 2. The molecule has 0 aliphatic carbocycles. The molecule has 5 nitrogen and oxygen atoms in total. The molecule has 36 heavy (non-hydrogen) atoms. The zero-order valence-electron chi connectivity index (χ0n) is 21.2. The van der Waals surface area contributed by atoms with E-state index in [1.165, 1.54) is 19.3 Å². The molecule has 0 heterocycles. The summed E-state index contributed by atoms with van der Waals surface area (Å²) in [6.07, 6.45) is 5.99. The number of nitrogens with zero attached hydrogens (tertiary/aromatic N) is 1. The van der Waals surface area contributed by atoms with Crippen molar-refractivity contribution in [2.24, 2.45) is 0 Å². The van der Waals surface area contributed by atoms with Crippen molar-refractivity contribution in [1.82, 2.24) is 0 Å². The minimum absolute atomic E-state index is 0.116. The summed E-state index contributed by atoms with van der Waals surface area (Å²) in [6, 6.07) is 25.5. The van der Waals surface area contributed by atoms with E-state index in [1.807, 2.05) is 90.7 Å². The highest BCUT2D eigenvalue weighted by molar-refractivity contribution is 7.99. The SMILES string of the molecule is CCCCCCCN(C(=O)Nc1ccccc1)c1ccc(Sc2ccc(CC(=O)OCC)cc2)cc1. The number of benzene rings is 3. The third kappa shape index (κ3) is 9.08. The van der Waals surface area contributed by atoms with Gasteiger partial charge in [0.15, 0.2) is 0 Å². The maximum atomic E-state index is 13.1. The Morgan fingerprint density at radius 2 is 1.44 bits per heavy atom. The van der Waals surface area contributed by atoms with Gasteiger partial charge in [-0.15, -0.1) is 0 Å². The van der Waals surface area contributed by atoms with Crippen molar-refractivity contribution in [1.29, 1.82) is 0 Å². The number of esters is 1. The first kappa shape index (κ1) is 27.3. The number of rotatable bonds is 13. The second-order valence-electron chi connectivity index (χ2n) is 8.58. The van der Waals surface area contributed by atoms with Crippen molar-refractivity contribution in [2.75, 3.05) is 23.4 Å². The molecule has 0 saturated carbocycles. The number of carbonyl (C=O) groups excluding carboxylic acids is 2. The number of amides is 2. The van der Waals surface area contributed by atoms with Crippen molar-refractivity contribution in [2.45, 2.75) is 62.2 Å². The van der Waals surface area contributed by atoms with Crippen LogP contribution in [0.1, 0.15) is 51.5 Å². The average Bonchev–Trinajstić information content (AvgIpc) is 2.89. The van der Waals surface area contributed by atoms with Crippen LogP contribution in [0.4, 0.5) is 16.2 Å². The molecule has 6 heteroatoms. The first-order valence-electron chi connectivity index (χ1n) is 12.7. The second-order valence-corrected chi connectivity index (χ2v) is 9.73. The Morgan fingerprint density at radius 1 is 0.806 bits per heavy atom. The first-order valence-corrected chi connectivity index (χ1v) is 13.6. The van der Waals surface area contributed by atoms with Gasteiger partial charge in [0, 0.05) is 27.7 Å². The summed E-state index contributed by atoms with van der Waals surface area (Å²) in [6.45, 7) is 5.09. The lowest BCUT2D eigenvalue weighted by Gasteiger charge is -2.23. The second kappa shape index (κ2) is 15.0. The van der Waals surface area contributed by atoms with E-state index in [0.717, 1.165) is 39.6 Å². The molecule has 0 unspecified atom stereocenters. The highest BCUT2D eigenvalue weighted by Crippen LogP contribution is 2.30. The van der Waals surface area contributed by atoms with E-state index in [1.54, 1.807) is 11.8 Å². The molecule has 190 valence electrons. The molecule has 0 aliphatic rings. The smallest absolute Gasteiger partial charge is 0.326 e. The zero-order valence-corrected chi connectivity index (χ0v) is 22.1. The standard InChI is InChI=1S/C30H36N2O3S/c1-3-5-6-7-11-22-32(30(34)31-25-12-9-8-10-13-25)26-16-20-28(21-17-26)36-27-18-14-24(15-19-27)23-29(33)35-4-2/h8-10,12-21H,3-7,11,22-23H2,1-2H3,(H,31,34). The summed E-state index contributed by atoms with van der Waals surface area (Å²) in [4.78, 5) is 28.8. The van der Waals surface area contributed by atoms with Gasteiger partial charge >= 0.3 is 12.0 Å². The fourth-order valence-corrected chi connectivity index (χ4v) is 4.63. The van der Waals surface area contributed by atoms with Crippen LogP contribution in [0.5, 0.6) is 0 Å². The molecule has 0 radical (unpaired) electrons. The van der Waals surface area contributed by atoms with Gasteiger partial charge in [-0.05, 0) is 67.4 Å². The lowest BCUT2D eigenvalue weighted by molar-refractivity contribution is -0.142. The third-order valence-electron chi connectivity index (χ3n) is 5.72. The summed E-state index contributed by atoms with van der Waals surface area (Å²) in [5.41, 5.74) is 2.61. The minimum Gasteiger partial charge on any atom is -0.466 e. The number of para-hydroxylation sites is 1. The maximum absolute atomic E-state index is 13.1. The van der Waals surface area contributed by atoms with Crippen molar-refractivity contribution in [3.05, 3.63) is 84.4 Å². The van der Waals surface area contributed by atoms with E-state index in [0.29, 0.717) is 13.2 Å². The predicted octanol–water partition coefficient (Wildman–Crippen LogP) is 7.95. The molecule has 0 aromatic heterocycles. The van der Waals surface area contributed by atoms with E-state index in [9.17, 15) is 9.59 Å². The maximum Gasteiger partial charge on any atom is 0.326 e.